The summed E-state index contributed by atoms with van der Waals surface area (Å²) >= 11 is 0. The van der Waals surface area contributed by atoms with Gasteiger partial charge < -0.3 is 14.2 Å². The Hall–Kier alpha value is -2.82. The molecule has 0 heterocycles. The minimum absolute atomic E-state index is 0.0757. The van der Waals surface area contributed by atoms with Gasteiger partial charge in [0.25, 0.3) is 0 Å². The Morgan fingerprint density at radius 3 is 2.41 bits per heavy atom. The van der Waals surface area contributed by atoms with Crippen molar-refractivity contribution in [3.8, 4) is 17.2 Å². The number of Topliss-reactive ketones (excluding diaryl/α,β-unsaturated/α-hetero) is 1. The van der Waals surface area contributed by atoms with Gasteiger partial charge in [0.15, 0.2) is 17.3 Å². The smallest absolute Gasteiger partial charge is 0.343 e. The van der Waals surface area contributed by atoms with Crippen molar-refractivity contribution in [3.63, 3.8) is 0 Å². The molecule has 5 nitrogen and oxygen atoms in total. The van der Waals surface area contributed by atoms with E-state index in [4.69, 9.17) is 14.2 Å². The number of hydrogen-bond acceptors (Lipinski definition) is 5. The molecule has 0 spiro atoms. The highest BCUT2D eigenvalue weighted by Crippen LogP contribution is 2.27. The van der Waals surface area contributed by atoms with E-state index in [9.17, 15) is 9.59 Å². The number of carbonyl (C=O) groups excluding carboxylic acids is 2. The third kappa shape index (κ3) is 4.09. The molecule has 5 heteroatoms. The van der Waals surface area contributed by atoms with Gasteiger partial charge in [0, 0.05) is 0 Å². The van der Waals surface area contributed by atoms with Crippen molar-refractivity contribution < 1.29 is 23.8 Å². The van der Waals surface area contributed by atoms with Crippen molar-refractivity contribution in [2.45, 2.75) is 6.92 Å². The maximum absolute atomic E-state index is 12.2. The maximum atomic E-state index is 12.2. The molecular formula is C17H16O5. The second kappa shape index (κ2) is 7.26. The number of ketones is 1. The summed E-state index contributed by atoms with van der Waals surface area (Å²) in [4.78, 5) is 23.2. The summed E-state index contributed by atoms with van der Waals surface area (Å²) in [5.74, 6) is 0.521. The van der Waals surface area contributed by atoms with Crippen molar-refractivity contribution in [2.24, 2.45) is 0 Å². The standard InChI is InChI=1S/C17H16O5/c1-12(18)11-21-15-8-3-4-9-16(15)22-17(19)13-6-5-7-14(10-13)20-2/h3-10H,11H2,1-2H3. The monoisotopic (exact) mass is 300 g/mol. The minimum atomic E-state index is -0.530. The first kappa shape index (κ1) is 15.6. The summed E-state index contributed by atoms with van der Waals surface area (Å²) in [7, 11) is 1.52. The lowest BCUT2D eigenvalue weighted by Crippen LogP contribution is -2.11. The van der Waals surface area contributed by atoms with E-state index in [1.165, 1.54) is 14.0 Å². The molecule has 0 radical (unpaired) electrons. The Kier molecular flexibility index (Phi) is 5.14. The summed E-state index contributed by atoms with van der Waals surface area (Å²) in [6.07, 6.45) is 0. The molecule has 114 valence electrons. The lowest BCUT2D eigenvalue weighted by Gasteiger charge is -2.10. The van der Waals surface area contributed by atoms with Crippen LogP contribution in [0.1, 0.15) is 17.3 Å². The number of benzene rings is 2. The zero-order chi connectivity index (χ0) is 15.9. The third-order valence-electron chi connectivity index (χ3n) is 2.79. The molecule has 0 aliphatic heterocycles. The Bertz CT molecular complexity index is 678. The van der Waals surface area contributed by atoms with Gasteiger partial charge in [-0.05, 0) is 37.3 Å². The molecule has 0 unspecified atom stereocenters. The molecule has 0 aromatic heterocycles. The molecule has 22 heavy (non-hydrogen) atoms. The fourth-order valence-corrected chi connectivity index (χ4v) is 1.74. The second-order valence-electron chi connectivity index (χ2n) is 4.56. The number of methoxy groups -OCH3 is 1. The molecule has 0 N–H and O–H groups in total. The Labute approximate surface area is 128 Å². The summed E-state index contributed by atoms with van der Waals surface area (Å²) in [5.41, 5.74) is 0.362. The molecule has 0 saturated carbocycles. The van der Waals surface area contributed by atoms with Crippen molar-refractivity contribution in [1.29, 1.82) is 0 Å². The minimum Gasteiger partial charge on any atom is -0.497 e. The third-order valence-corrected chi connectivity index (χ3v) is 2.79. The van der Waals surface area contributed by atoms with E-state index in [1.807, 2.05) is 0 Å². The van der Waals surface area contributed by atoms with Gasteiger partial charge in [0.1, 0.15) is 12.4 Å². The van der Waals surface area contributed by atoms with Crippen molar-refractivity contribution in [2.75, 3.05) is 13.7 Å². The predicted molar refractivity (Wildman–Crippen MR) is 80.6 cm³/mol. The molecule has 0 bridgehead atoms. The highest BCUT2D eigenvalue weighted by atomic mass is 16.6. The topological polar surface area (TPSA) is 61.8 Å². The number of carbonyl (C=O) groups is 2. The number of para-hydroxylation sites is 2. The molecule has 0 aliphatic rings. The van der Waals surface area contributed by atoms with Crippen LogP contribution in [-0.2, 0) is 4.79 Å². The number of ether oxygens (including phenoxy) is 3. The van der Waals surface area contributed by atoms with E-state index in [2.05, 4.69) is 0 Å². The van der Waals surface area contributed by atoms with Gasteiger partial charge in [0.2, 0.25) is 0 Å². The molecule has 2 aromatic carbocycles. The van der Waals surface area contributed by atoms with Gasteiger partial charge in [-0.15, -0.1) is 0 Å². The van der Waals surface area contributed by atoms with E-state index < -0.39 is 5.97 Å². The van der Waals surface area contributed by atoms with Crippen LogP contribution in [0.15, 0.2) is 48.5 Å². The Balaban J connectivity index is 2.15. The summed E-state index contributed by atoms with van der Waals surface area (Å²) in [5, 5.41) is 0. The van der Waals surface area contributed by atoms with Crippen LogP contribution in [0.5, 0.6) is 17.2 Å². The van der Waals surface area contributed by atoms with Crippen LogP contribution in [0, 0.1) is 0 Å². The fraction of sp³-hybridized carbons (Fsp3) is 0.176. The van der Waals surface area contributed by atoms with Crippen LogP contribution in [0.2, 0.25) is 0 Å². The Morgan fingerprint density at radius 1 is 1.00 bits per heavy atom. The normalized spacial score (nSPS) is 9.91. The molecule has 2 aromatic rings. The first-order chi connectivity index (χ1) is 10.6. The zero-order valence-electron chi connectivity index (χ0n) is 12.4. The predicted octanol–water partition coefficient (Wildman–Crippen LogP) is 2.88. The summed E-state index contributed by atoms with van der Waals surface area (Å²) < 4.78 is 15.7. The van der Waals surface area contributed by atoms with Gasteiger partial charge in [-0.25, -0.2) is 4.79 Å². The average molecular weight is 300 g/mol. The van der Waals surface area contributed by atoms with Crippen LogP contribution in [-0.4, -0.2) is 25.5 Å². The van der Waals surface area contributed by atoms with E-state index in [-0.39, 0.29) is 18.1 Å². The van der Waals surface area contributed by atoms with Gasteiger partial charge in [-0.1, -0.05) is 18.2 Å². The van der Waals surface area contributed by atoms with Gasteiger partial charge in [-0.3, -0.25) is 4.79 Å². The molecule has 0 amide bonds. The number of rotatable bonds is 6. The fourth-order valence-electron chi connectivity index (χ4n) is 1.74. The molecule has 0 aliphatic carbocycles. The average Bonchev–Trinajstić information content (AvgIpc) is 2.54. The van der Waals surface area contributed by atoms with E-state index in [0.717, 1.165) is 0 Å². The van der Waals surface area contributed by atoms with Crippen LogP contribution < -0.4 is 14.2 Å². The van der Waals surface area contributed by atoms with E-state index in [0.29, 0.717) is 17.1 Å². The van der Waals surface area contributed by atoms with Crippen LogP contribution in [0.25, 0.3) is 0 Å². The van der Waals surface area contributed by atoms with Crippen LogP contribution >= 0.6 is 0 Å². The largest absolute Gasteiger partial charge is 0.497 e. The first-order valence-electron chi connectivity index (χ1n) is 6.67. The quantitative estimate of drug-likeness (QED) is 0.606. The SMILES string of the molecule is COc1cccc(C(=O)Oc2ccccc2OCC(C)=O)c1. The Morgan fingerprint density at radius 2 is 1.73 bits per heavy atom. The van der Waals surface area contributed by atoms with Crippen LogP contribution in [0.4, 0.5) is 0 Å². The van der Waals surface area contributed by atoms with Gasteiger partial charge in [-0.2, -0.15) is 0 Å². The first-order valence-corrected chi connectivity index (χ1v) is 6.67. The maximum Gasteiger partial charge on any atom is 0.343 e. The molecular weight excluding hydrogens is 284 g/mol. The van der Waals surface area contributed by atoms with Gasteiger partial charge >= 0.3 is 5.97 Å². The van der Waals surface area contributed by atoms with Gasteiger partial charge in [0.05, 0.1) is 12.7 Å². The zero-order valence-corrected chi connectivity index (χ0v) is 12.4. The lowest BCUT2D eigenvalue weighted by molar-refractivity contribution is -0.118. The highest BCUT2D eigenvalue weighted by molar-refractivity contribution is 5.91. The second-order valence-corrected chi connectivity index (χ2v) is 4.56. The molecule has 0 atom stereocenters. The summed E-state index contributed by atoms with van der Waals surface area (Å²) in [6, 6.07) is 13.3. The van der Waals surface area contributed by atoms with Crippen molar-refractivity contribution in [1.82, 2.24) is 0 Å². The number of esters is 1. The highest BCUT2D eigenvalue weighted by Gasteiger charge is 2.13. The summed E-state index contributed by atoms with van der Waals surface area (Å²) in [6.45, 7) is 1.35. The molecule has 0 saturated heterocycles. The van der Waals surface area contributed by atoms with Crippen molar-refractivity contribution in [3.05, 3.63) is 54.1 Å². The van der Waals surface area contributed by atoms with E-state index in [1.54, 1.807) is 48.5 Å². The van der Waals surface area contributed by atoms with E-state index >= 15 is 0 Å². The number of hydrogen-bond donors (Lipinski definition) is 0. The van der Waals surface area contributed by atoms with Crippen molar-refractivity contribution >= 4 is 11.8 Å². The van der Waals surface area contributed by atoms with Crippen LogP contribution in [0.3, 0.4) is 0 Å². The molecule has 2 rings (SSSR count). The molecule has 0 fully saturated rings. The lowest BCUT2D eigenvalue weighted by atomic mass is 10.2.